The zero-order chi connectivity index (χ0) is 15.4. The zero-order valence-electron chi connectivity index (χ0n) is 12.7. The number of hydrogen-bond acceptors (Lipinski definition) is 1. The van der Waals surface area contributed by atoms with E-state index < -0.39 is 0 Å². The molecule has 0 amide bonds. The summed E-state index contributed by atoms with van der Waals surface area (Å²) in [6.07, 6.45) is 2.02. The largest absolute Gasteiger partial charge is 0.309 e. The summed E-state index contributed by atoms with van der Waals surface area (Å²) >= 11 is 3.42. The molecule has 1 nitrogen and oxygen atoms in total. The second-order valence-electron chi connectivity index (χ2n) is 5.12. The molecular weight excluding hydrogens is 329 g/mol. The van der Waals surface area contributed by atoms with Gasteiger partial charge in [0.2, 0.25) is 0 Å². The molecule has 0 saturated heterocycles. The monoisotopic (exact) mass is 349 g/mol. The molecule has 0 fully saturated rings. The van der Waals surface area contributed by atoms with E-state index in [-0.39, 0.29) is 11.9 Å². The lowest BCUT2D eigenvalue weighted by molar-refractivity contribution is 0.575. The van der Waals surface area contributed by atoms with Gasteiger partial charge < -0.3 is 5.32 Å². The Morgan fingerprint density at radius 2 is 1.76 bits per heavy atom. The molecule has 0 aromatic heterocycles. The maximum atomic E-state index is 14.2. The average molecular weight is 350 g/mol. The van der Waals surface area contributed by atoms with E-state index in [1.807, 2.05) is 13.1 Å². The molecule has 21 heavy (non-hydrogen) atoms. The highest BCUT2D eigenvalue weighted by Crippen LogP contribution is 2.28. The second-order valence-corrected chi connectivity index (χ2v) is 6.04. The molecule has 112 valence electrons. The second kappa shape index (κ2) is 7.19. The van der Waals surface area contributed by atoms with Crippen LogP contribution in [0.3, 0.4) is 0 Å². The van der Waals surface area contributed by atoms with Crippen molar-refractivity contribution in [1.29, 1.82) is 0 Å². The molecule has 2 rings (SSSR count). The Balaban J connectivity index is 2.48. The minimum absolute atomic E-state index is 0.140. The summed E-state index contributed by atoms with van der Waals surface area (Å²) in [7, 11) is 1.87. The van der Waals surface area contributed by atoms with Gasteiger partial charge in [-0.1, -0.05) is 48.0 Å². The van der Waals surface area contributed by atoms with Crippen molar-refractivity contribution in [3.63, 3.8) is 0 Å². The Kier molecular flexibility index (Phi) is 5.54. The first-order valence-electron chi connectivity index (χ1n) is 7.34. The van der Waals surface area contributed by atoms with Crippen LogP contribution in [0, 0.1) is 5.82 Å². The SMILES string of the molecule is CCc1ccc(C(NC)c2cc(Br)ccc2F)cc1CC. The van der Waals surface area contributed by atoms with Crippen molar-refractivity contribution in [2.45, 2.75) is 32.7 Å². The van der Waals surface area contributed by atoms with Crippen molar-refractivity contribution in [3.05, 3.63) is 68.9 Å². The summed E-state index contributed by atoms with van der Waals surface area (Å²) in [6, 6.07) is 11.4. The van der Waals surface area contributed by atoms with E-state index >= 15 is 0 Å². The predicted molar refractivity (Wildman–Crippen MR) is 90.2 cm³/mol. The number of halogens is 2. The number of nitrogens with one attached hydrogen (secondary N) is 1. The minimum atomic E-state index is -0.185. The molecule has 0 heterocycles. The van der Waals surface area contributed by atoms with E-state index in [1.54, 1.807) is 6.07 Å². The maximum absolute atomic E-state index is 14.2. The van der Waals surface area contributed by atoms with Crippen molar-refractivity contribution >= 4 is 15.9 Å². The summed E-state index contributed by atoms with van der Waals surface area (Å²) in [6.45, 7) is 4.32. The molecule has 2 aromatic carbocycles. The van der Waals surface area contributed by atoms with Crippen LogP contribution in [0.15, 0.2) is 40.9 Å². The summed E-state index contributed by atoms with van der Waals surface area (Å²) in [5.41, 5.74) is 4.47. The number of hydrogen-bond donors (Lipinski definition) is 1. The number of aryl methyl sites for hydroxylation is 2. The van der Waals surface area contributed by atoms with Crippen LogP contribution in [0.25, 0.3) is 0 Å². The summed E-state index contributed by atoms with van der Waals surface area (Å²) < 4.78 is 15.0. The molecule has 0 radical (unpaired) electrons. The number of benzene rings is 2. The molecule has 0 aliphatic carbocycles. The molecular formula is C18H21BrFN. The first kappa shape index (κ1) is 16.2. The average Bonchev–Trinajstić information content (AvgIpc) is 2.51. The Hall–Kier alpha value is -1.19. The summed E-state index contributed by atoms with van der Waals surface area (Å²) in [4.78, 5) is 0. The third kappa shape index (κ3) is 3.53. The standard InChI is InChI=1S/C18H21BrFN/c1-4-12-6-7-14(10-13(12)5-2)18(21-3)16-11-15(19)8-9-17(16)20/h6-11,18,21H,4-5H2,1-3H3. The van der Waals surface area contributed by atoms with Crippen LogP contribution in [0.4, 0.5) is 4.39 Å². The fraction of sp³-hybridized carbons (Fsp3) is 0.333. The van der Waals surface area contributed by atoms with Crippen LogP contribution in [0.5, 0.6) is 0 Å². The van der Waals surface area contributed by atoms with Gasteiger partial charge in [-0.05, 0) is 54.8 Å². The molecule has 2 aromatic rings. The van der Waals surface area contributed by atoms with Gasteiger partial charge in [0.1, 0.15) is 5.82 Å². The van der Waals surface area contributed by atoms with E-state index in [0.717, 1.165) is 22.9 Å². The highest BCUT2D eigenvalue weighted by Gasteiger charge is 2.17. The van der Waals surface area contributed by atoms with Crippen molar-refractivity contribution in [2.24, 2.45) is 0 Å². The van der Waals surface area contributed by atoms with Gasteiger partial charge in [-0.3, -0.25) is 0 Å². The smallest absolute Gasteiger partial charge is 0.128 e. The van der Waals surface area contributed by atoms with Crippen LogP contribution in [0.1, 0.15) is 42.1 Å². The third-order valence-corrected chi connectivity index (χ3v) is 4.38. The first-order chi connectivity index (χ1) is 10.1. The summed E-state index contributed by atoms with van der Waals surface area (Å²) in [5, 5.41) is 3.23. The van der Waals surface area contributed by atoms with E-state index in [0.29, 0.717) is 5.56 Å². The third-order valence-electron chi connectivity index (χ3n) is 3.88. The Morgan fingerprint density at radius 3 is 2.38 bits per heavy atom. The van der Waals surface area contributed by atoms with Crippen LogP contribution in [-0.4, -0.2) is 7.05 Å². The molecule has 0 saturated carbocycles. The van der Waals surface area contributed by atoms with Crippen LogP contribution >= 0.6 is 15.9 Å². The van der Waals surface area contributed by atoms with Gasteiger partial charge >= 0.3 is 0 Å². The lowest BCUT2D eigenvalue weighted by atomic mass is 9.93. The fourth-order valence-corrected chi connectivity index (χ4v) is 3.12. The van der Waals surface area contributed by atoms with Gasteiger partial charge in [0.05, 0.1) is 6.04 Å². The highest BCUT2D eigenvalue weighted by molar-refractivity contribution is 9.10. The lowest BCUT2D eigenvalue weighted by Gasteiger charge is -2.20. The van der Waals surface area contributed by atoms with E-state index in [4.69, 9.17) is 0 Å². The van der Waals surface area contributed by atoms with Gasteiger partial charge in [-0.25, -0.2) is 4.39 Å². The van der Waals surface area contributed by atoms with Crippen LogP contribution in [-0.2, 0) is 12.8 Å². The molecule has 1 unspecified atom stereocenters. The minimum Gasteiger partial charge on any atom is -0.309 e. The quantitative estimate of drug-likeness (QED) is 0.798. The van der Waals surface area contributed by atoms with Gasteiger partial charge in [0.25, 0.3) is 0 Å². The predicted octanol–water partition coefficient (Wildman–Crippen LogP) is 5.02. The van der Waals surface area contributed by atoms with E-state index in [2.05, 4.69) is 53.3 Å². The van der Waals surface area contributed by atoms with Crippen molar-refractivity contribution in [1.82, 2.24) is 5.32 Å². The zero-order valence-corrected chi connectivity index (χ0v) is 14.3. The summed E-state index contributed by atoms with van der Waals surface area (Å²) in [5.74, 6) is -0.185. The molecule has 1 N–H and O–H groups in total. The molecule has 0 bridgehead atoms. The van der Waals surface area contributed by atoms with E-state index in [9.17, 15) is 4.39 Å². The van der Waals surface area contributed by atoms with Crippen molar-refractivity contribution < 1.29 is 4.39 Å². The van der Waals surface area contributed by atoms with Gasteiger partial charge in [-0.15, -0.1) is 0 Å². The Bertz CT molecular complexity index is 625. The fourth-order valence-electron chi connectivity index (χ4n) is 2.74. The van der Waals surface area contributed by atoms with Crippen LogP contribution in [0.2, 0.25) is 0 Å². The van der Waals surface area contributed by atoms with Crippen LogP contribution < -0.4 is 5.32 Å². The molecule has 3 heteroatoms. The molecule has 1 atom stereocenters. The van der Waals surface area contributed by atoms with Gasteiger partial charge in [0.15, 0.2) is 0 Å². The Labute approximate surface area is 134 Å². The van der Waals surface area contributed by atoms with E-state index in [1.165, 1.54) is 17.2 Å². The normalized spacial score (nSPS) is 12.4. The van der Waals surface area contributed by atoms with Gasteiger partial charge in [-0.2, -0.15) is 0 Å². The maximum Gasteiger partial charge on any atom is 0.128 e. The highest BCUT2D eigenvalue weighted by atomic mass is 79.9. The number of rotatable bonds is 5. The van der Waals surface area contributed by atoms with Crippen molar-refractivity contribution in [3.8, 4) is 0 Å². The topological polar surface area (TPSA) is 12.0 Å². The molecule has 0 spiro atoms. The molecule has 0 aliphatic heterocycles. The first-order valence-corrected chi connectivity index (χ1v) is 8.13. The Morgan fingerprint density at radius 1 is 1.05 bits per heavy atom. The lowest BCUT2D eigenvalue weighted by Crippen LogP contribution is -2.19. The van der Waals surface area contributed by atoms with Crippen molar-refractivity contribution in [2.75, 3.05) is 7.05 Å². The molecule has 0 aliphatic rings. The van der Waals surface area contributed by atoms with Gasteiger partial charge in [0, 0.05) is 10.0 Å².